The molecule has 1 amide bonds. The zero-order valence-corrected chi connectivity index (χ0v) is 16.7. The van der Waals surface area contributed by atoms with E-state index in [0.717, 1.165) is 27.1 Å². The van der Waals surface area contributed by atoms with E-state index in [9.17, 15) is 4.79 Å². The number of rotatable bonds is 6. The van der Waals surface area contributed by atoms with Gasteiger partial charge < -0.3 is 14.6 Å². The van der Waals surface area contributed by atoms with Crippen LogP contribution in [0, 0.1) is 0 Å². The summed E-state index contributed by atoms with van der Waals surface area (Å²) in [7, 11) is 1.66. The number of nitrogens with zero attached hydrogens (tertiary/aromatic N) is 1. The van der Waals surface area contributed by atoms with Crippen LogP contribution in [0.5, 0.6) is 5.75 Å². The number of fused-ring (bicyclic) bond motifs is 1. The minimum atomic E-state index is -0.0618. The highest BCUT2D eigenvalue weighted by atomic mass is 32.1. The van der Waals surface area contributed by atoms with Crippen molar-refractivity contribution in [3.8, 4) is 5.75 Å². The third kappa shape index (κ3) is 3.66. The fraction of sp³-hybridized carbons (Fsp3) is 0.174. The van der Waals surface area contributed by atoms with Crippen LogP contribution in [0.15, 0.2) is 72.1 Å². The second-order valence-corrected chi connectivity index (χ2v) is 7.69. The van der Waals surface area contributed by atoms with Crippen LogP contribution in [-0.2, 0) is 6.54 Å². The van der Waals surface area contributed by atoms with E-state index in [-0.39, 0.29) is 11.9 Å². The van der Waals surface area contributed by atoms with Crippen LogP contribution in [-0.4, -0.2) is 17.6 Å². The molecular formula is C23H22N2O2S. The maximum atomic E-state index is 13.1. The van der Waals surface area contributed by atoms with Crippen molar-refractivity contribution < 1.29 is 9.53 Å². The Labute approximate surface area is 168 Å². The molecule has 0 bridgehead atoms. The van der Waals surface area contributed by atoms with Crippen LogP contribution in [0.4, 0.5) is 0 Å². The van der Waals surface area contributed by atoms with E-state index < -0.39 is 0 Å². The molecule has 0 saturated carbocycles. The van der Waals surface area contributed by atoms with Crippen molar-refractivity contribution in [2.24, 2.45) is 0 Å². The predicted octanol–water partition coefficient (Wildman–Crippen LogP) is 5.25. The summed E-state index contributed by atoms with van der Waals surface area (Å²) in [4.78, 5) is 13.1. The van der Waals surface area contributed by atoms with Crippen molar-refractivity contribution >= 4 is 27.5 Å². The Bertz CT molecular complexity index is 1080. The standard InChI is InChI=1S/C23H22N2O2S/c1-16(18-6-4-3-5-7-18)24-23(26)21-14-22-20(12-13-28-22)25(21)15-17-8-10-19(27-2)11-9-17/h3-14,16H,15H2,1-2H3,(H,24,26). The summed E-state index contributed by atoms with van der Waals surface area (Å²) in [6, 6.07) is 22.0. The number of amides is 1. The molecule has 0 saturated heterocycles. The molecule has 2 heterocycles. The van der Waals surface area contributed by atoms with Gasteiger partial charge in [-0.05, 0) is 47.7 Å². The Balaban J connectivity index is 1.62. The number of carbonyl (C=O) groups excluding carboxylic acids is 1. The van der Waals surface area contributed by atoms with Crippen LogP contribution in [0.1, 0.15) is 34.6 Å². The highest BCUT2D eigenvalue weighted by Crippen LogP contribution is 2.27. The molecule has 4 nitrogen and oxygen atoms in total. The van der Waals surface area contributed by atoms with Gasteiger partial charge in [0.05, 0.1) is 23.4 Å². The average molecular weight is 391 g/mol. The monoisotopic (exact) mass is 390 g/mol. The van der Waals surface area contributed by atoms with Gasteiger partial charge in [-0.15, -0.1) is 11.3 Å². The third-order valence-electron chi connectivity index (χ3n) is 4.90. The molecule has 4 aromatic rings. The smallest absolute Gasteiger partial charge is 0.268 e. The number of ether oxygens (including phenoxy) is 1. The first-order chi connectivity index (χ1) is 13.7. The highest BCUT2D eigenvalue weighted by Gasteiger charge is 2.19. The van der Waals surface area contributed by atoms with Crippen LogP contribution in [0.2, 0.25) is 0 Å². The van der Waals surface area contributed by atoms with E-state index in [2.05, 4.69) is 21.3 Å². The van der Waals surface area contributed by atoms with Crippen LogP contribution in [0.25, 0.3) is 10.2 Å². The van der Waals surface area contributed by atoms with Gasteiger partial charge in [-0.25, -0.2) is 0 Å². The van der Waals surface area contributed by atoms with Gasteiger partial charge in [0.25, 0.3) is 5.91 Å². The first-order valence-electron chi connectivity index (χ1n) is 9.21. The molecule has 0 fully saturated rings. The molecule has 1 unspecified atom stereocenters. The van der Waals surface area contributed by atoms with E-state index in [0.29, 0.717) is 12.2 Å². The lowest BCUT2D eigenvalue weighted by Crippen LogP contribution is -2.28. The minimum Gasteiger partial charge on any atom is -0.497 e. The largest absolute Gasteiger partial charge is 0.497 e. The number of carbonyl (C=O) groups is 1. The normalized spacial score (nSPS) is 12.1. The maximum absolute atomic E-state index is 13.1. The van der Waals surface area contributed by atoms with Crippen LogP contribution in [0.3, 0.4) is 0 Å². The molecular weight excluding hydrogens is 368 g/mol. The lowest BCUT2D eigenvalue weighted by Gasteiger charge is -2.16. The lowest BCUT2D eigenvalue weighted by atomic mass is 10.1. The molecule has 0 aliphatic rings. The van der Waals surface area contributed by atoms with E-state index in [4.69, 9.17) is 4.74 Å². The van der Waals surface area contributed by atoms with Gasteiger partial charge >= 0.3 is 0 Å². The second-order valence-electron chi connectivity index (χ2n) is 6.74. The quantitative estimate of drug-likeness (QED) is 0.489. The van der Waals surface area contributed by atoms with Crippen molar-refractivity contribution in [3.63, 3.8) is 0 Å². The topological polar surface area (TPSA) is 43.3 Å². The van der Waals surface area contributed by atoms with Gasteiger partial charge in [-0.2, -0.15) is 0 Å². The molecule has 2 aromatic heterocycles. The Morgan fingerprint density at radius 2 is 1.86 bits per heavy atom. The fourth-order valence-electron chi connectivity index (χ4n) is 3.34. The Morgan fingerprint density at radius 1 is 1.11 bits per heavy atom. The number of hydrogen-bond donors (Lipinski definition) is 1. The second kappa shape index (κ2) is 7.90. The van der Waals surface area contributed by atoms with Crippen molar-refractivity contribution in [1.29, 1.82) is 0 Å². The molecule has 142 valence electrons. The summed E-state index contributed by atoms with van der Waals surface area (Å²) in [5.41, 5.74) is 3.97. The van der Waals surface area contributed by atoms with Crippen molar-refractivity contribution in [1.82, 2.24) is 9.88 Å². The number of benzene rings is 2. The first kappa shape index (κ1) is 18.3. The van der Waals surface area contributed by atoms with E-state index >= 15 is 0 Å². The highest BCUT2D eigenvalue weighted by molar-refractivity contribution is 7.17. The summed E-state index contributed by atoms with van der Waals surface area (Å²) < 4.78 is 8.44. The number of methoxy groups -OCH3 is 1. The lowest BCUT2D eigenvalue weighted by molar-refractivity contribution is 0.0931. The van der Waals surface area contributed by atoms with Crippen molar-refractivity contribution in [2.45, 2.75) is 19.5 Å². The van der Waals surface area contributed by atoms with Crippen LogP contribution < -0.4 is 10.1 Å². The van der Waals surface area contributed by atoms with Crippen molar-refractivity contribution in [3.05, 3.63) is 88.9 Å². The molecule has 28 heavy (non-hydrogen) atoms. The van der Waals surface area contributed by atoms with Gasteiger partial charge in [0.15, 0.2) is 0 Å². The zero-order valence-electron chi connectivity index (χ0n) is 15.9. The average Bonchev–Trinajstić information content (AvgIpc) is 3.32. The summed E-state index contributed by atoms with van der Waals surface area (Å²) in [5.74, 6) is 0.764. The molecule has 0 aliphatic heterocycles. The SMILES string of the molecule is COc1ccc(Cn2c(C(=O)NC(C)c3ccccc3)cc3sccc32)cc1. The molecule has 0 aliphatic carbocycles. The van der Waals surface area contributed by atoms with Gasteiger partial charge in [-0.3, -0.25) is 4.79 Å². The summed E-state index contributed by atoms with van der Waals surface area (Å²) in [6.07, 6.45) is 0. The fourth-order valence-corrected chi connectivity index (χ4v) is 4.17. The number of nitrogens with one attached hydrogen (secondary N) is 1. The number of thiophene rings is 1. The molecule has 4 rings (SSSR count). The van der Waals surface area contributed by atoms with Gasteiger partial charge in [0.1, 0.15) is 11.4 Å². The first-order valence-corrected chi connectivity index (χ1v) is 10.1. The molecule has 5 heteroatoms. The van der Waals surface area contributed by atoms with Crippen molar-refractivity contribution in [2.75, 3.05) is 7.11 Å². The van der Waals surface area contributed by atoms with E-state index in [1.807, 2.05) is 67.6 Å². The number of hydrogen-bond acceptors (Lipinski definition) is 3. The van der Waals surface area contributed by atoms with Gasteiger partial charge in [0, 0.05) is 6.54 Å². The summed E-state index contributed by atoms with van der Waals surface area (Å²) in [6.45, 7) is 2.64. The molecule has 1 N–H and O–H groups in total. The zero-order chi connectivity index (χ0) is 19.5. The molecule has 2 aromatic carbocycles. The third-order valence-corrected chi connectivity index (χ3v) is 5.76. The Kier molecular flexibility index (Phi) is 5.17. The Morgan fingerprint density at radius 3 is 2.57 bits per heavy atom. The molecule has 0 spiro atoms. The molecule has 1 atom stereocenters. The van der Waals surface area contributed by atoms with Gasteiger partial charge in [-0.1, -0.05) is 42.5 Å². The number of aromatic nitrogens is 1. The predicted molar refractivity (Wildman–Crippen MR) is 114 cm³/mol. The van der Waals surface area contributed by atoms with E-state index in [1.165, 1.54) is 0 Å². The summed E-state index contributed by atoms with van der Waals surface area (Å²) in [5, 5.41) is 5.19. The Hall–Kier alpha value is -3.05. The van der Waals surface area contributed by atoms with Crippen LogP contribution >= 0.6 is 11.3 Å². The van der Waals surface area contributed by atoms with Gasteiger partial charge in [0.2, 0.25) is 0 Å². The maximum Gasteiger partial charge on any atom is 0.268 e. The minimum absolute atomic E-state index is 0.0592. The summed E-state index contributed by atoms with van der Waals surface area (Å²) >= 11 is 1.65. The van der Waals surface area contributed by atoms with E-state index in [1.54, 1.807) is 18.4 Å². The molecule has 0 radical (unpaired) electrons.